The lowest BCUT2D eigenvalue weighted by Crippen LogP contribution is -2.28. The first kappa shape index (κ1) is 8.71. The molecule has 0 spiro atoms. The smallest absolute Gasteiger partial charge is 0.253 e. The molecular weight excluding hydrogens is 156 g/mol. The Labute approximate surface area is 58.4 Å². The van der Waals surface area contributed by atoms with Gasteiger partial charge in [-0.2, -0.15) is 5.26 Å². The fourth-order valence-electron chi connectivity index (χ4n) is 0.259. The molecule has 10 heavy (non-hydrogen) atoms. The Kier molecular flexibility index (Phi) is 2.64. The van der Waals surface area contributed by atoms with Gasteiger partial charge in [0.25, 0.3) is 10.0 Å². The lowest BCUT2D eigenvalue weighted by molar-refractivity contribution is 0.603. The van der Waals surface area contributed by atoms with Gasteiger partial charge in [-0.15, -0.1) is 4.40 Å². The zero-order valence-electron chi connectivity index (χ0n) is 5.20. The van der Waals surface area contributed by atoms with Gasteiger partial charge in [0.05, 0.1) is 6.26 Å². The zero-order chi connectivity index (χ0) is 8.20. The molecule has 7 heteroatoms. The van der Waals surface area contributed by atoms with E-state index in [0.29, 0.717) is 0 Å². The van der Waals surface area contributed by atoms with Crippen molar-refractivity contribution in [1.82, 2.24) is 5.32 Å². The molecule has 0 unspecified atom stereocenters. The van der Waals surface area contributed by atoms with Crippen LogP contribution < -0.4 is 11.1 Å². The molecule has 0 atom stereocenters. The average molecular weight is 162 g/mol. The van der Waals surface area contributed by atoms with Crippen LogP contribution in [0.15, 0.2) is 4.40 Å². The summed E-state index contributed by atoms with van der Waals surface area (Å²) in [5.74, 6) is -0.426. The zero-order valence-corrected chi connectivity index (χ0v) is 6.01. The van der Waals surface area contributed by atoms with Crippen LogP contribution in [0, 0.1) is 11.5 Å². The molecule has 6 nitrogen and oxygen atoms in total. The molecule has 0 amide bonds. The van der Waals surface area contributed by atoms with Crippen molar-refractivity contribution in [2.45, 2.75) is 0 Å². The van der Waals surface area contributed by atoms with Crippen molar-refractivity contribution in [2.24, 2.45) is 10.1 Å². The molecule has 0 bridgehead atoms. The van der Waals surface area contributed by atoms with Gasteiger partial charge in [0.1, 0.15) is 0 Å². The van der Waals surface area contributed by atoms with E-state index in [1.807, 2.05) is 5.32 Å². The lowest BCUT2D eigenvalue weighted by atomic mass is 11.0. The van der Waals surface area contributed by atoms with Crippen LogP contribution in [0.1, 0.15) is 0 Å². The van der Waals surface area contributed by atoms with Crippen molar-refractivity contribution in [3.8, 4) is 6.19 Å². The van der Waals surface area contributed by atoms with Crippen molar-refractivity contribution in [2.75, 3.05) is 6.26 Å². The summed E-state index contributed by atoms with van der Waals surface area (Å²) in [6, 6.07) is 0. The predicted octanol–water partition coefficient (Wildman–Crippen LogP) is -1.67. The average Bonchev–Trinajstić information content (AvgIpc) is 1.59. The van der Waals surface area contributed by atoms with Crippen LogP contribution >= 0.6 is 0 Å². The summed E-state index contributed by atoms with van der Waals surface area (Å²) in [5, 5.41) is 9.77. The Bertz CT molecular complexity index is 271. The third kappa shape index (κ3) is 4.86. The van der Waals surface area contributed by atoms with E-state index in [1.165, 1.54) is 6.19 Å². The topological polar surface area (TPSA) is 108 Å². The number of nitrogens with one attached hydrogen (secondary N) is 1. The van der Waals surface area contributed by atoms with E-state index in [2.05, 4.69) is 4.40 Å². The highest BCUT2D eigenvalue weighted by Crippen LogP contribution is 1.80. The second-order valence-corrected chi connectivity index (χ2v) is 3.09. The molecule has 0 saturated heterocycles. The lowest BCUT2D eigenvalue weighted by Gasteiger charge is -1.91. The maximum Gasteiger partial charge on any atom is 0.253 e. The molecular formula is C3H6N4O2S. The Morgan fingerprint density at radius 1 is 1.80 bits per heavy atom. The predicted molar refractivity (Wildman–Crippen MR) is 35.2 cm³/mol. The van der Waals surface area contributed by atoms with E-state index in [9.17, 15) is 8.42 Å². The third-order valence-electron chi connectivity index (χ3n) is 0.448. The van der Waals surface area contributed by atoms with Crippen LogP contribution in [0.4, 0.5) is 0 Å². The summed E-state index contributed by atoms with van der Waals surface area (Å²) >= 11 is 0. The number of hydrogen-bond donors (Lipinski definition) is 2. The number of nitriles is 1. The van der Waals surface area contributed by atoms with Gasteiger partial charge >= 0.3 is 0 Å². The number of nitrogens with two attached hydrogens (primary N) is 1. The van der Waals surface area contributed by atoms with E-state index in [1.54, 1.807) is 0 Å². The summed E-state index contributed by atoms with van der Waals surface area (Å²) < 4.78 is 23.5. The summed E-state index contributed by atoms with van der Waals surface area (Å²) in [6.07, 6.45) is 2.29. The maximum atomic E-state index is 10.3. The summed E-state index contributed by atoms with van der Waals surface area (Å²) in [6.45, 7) is 0. The molecule has 0 heterocycles. The van der Waals surface area contributed by atoms with E-state index in [4.69, 9.17) is 11.0 Å². The monoisotopic (exact) mass is 162 g/mol. The Balaban J connectivity index is 4.37. The van der Waals surface area contributed by atoms with Gasteiger partial charge in [0, 0.05) is 0 Å². The molecule has 56 valence electrons. The Hall–Kier alpha value is -1.29. The quantitative estimate of drug-likeness (QED) is 0.207. The fraction of sp³-hybridized carbons (Fsp3) is 0.333. The molecule has 0 aromatic heterocycles. The molecule has 0 fully saturated rings. The Morgan fingerprint density at radius 2 is 2.30 bits per heavy atom. The molecule has 0 aliphatic carbocycles. The fourth-order valence-corrected chi connectivity index (χ4v) is 0.662. The SMILES string of the molecule is CS(=O)(=O)/N=C(\N)NC#N. The third-order valence-corrected chi connectivity index (χ3v) is 0.976. The van der Waals surface area contributed by atoms with Gasteiger partial charge < -0.3 is 5.73 Å². The van der Waals surface area contributed by atoms with Crippen molar-refractivity contribution < 1.29 is 8.42 Å². The molecule has 0 aromatic carbocycles. The molecule has 0 aliphatic heterocycles. The summed E-state index contributed by atoms with van der Waals surface area (Å²) in [4.78, 5) is 0. The highest BCUT2D eigenvalue weighted by Gasteiger charge is 1.97. The highest BCUT2D eigenvalue weighted by molar-refractivity contribution is 7.89. The highest BCUT2D eigenvalue weighted by atomic mass is 32.2. The minimum absolute atomic E-state index is 0.426. The van der Waals surface area contributed by atoms with Crippen molar-refractivity contribution in [1.29, 1.82) is 5.26 Å². The van der Waals surface area contributed by atoms with Gasteiger partial charge in [-0.1, -0.05) is 0 Å². The van der Waals surface area contributed by atoms with Gasteiger partial charge in [0.15, 0.2) is 6.19 Å². The minimum atomic E-state index is -3.50. The molecule has 0 aromatic rings. The molecule has 0 radical (unpaired) electrons. The second kappa shape index (κ2) is 3.03. The van der Waals surface area contributed by atoms with Crippen LogP contribution in [0.25, 0.3) is 0 Å². The van der Waals surface area contributed by atoms with Gasteiger partial charge in [0.2, 0.25) is 5.96 Å². The van der Waals surface area contributed by atoms with E-state index >= 15 is 0 Å². The number of rotatable bonds is 1. The van der Waals surface area contributed by atoms with Crippen LogP contribution in [0.3, 0.4) is 0 Å². The Morgan fingerprint density at radius 3 is 2.60 bits per heavy atom. The number of guanidine groups is 1. The minimum Gasteiger partial charge on any atom is -0.368 e. The largest absolute Gasteiger partial charge is 0.368 e. The van der Waals surface area contributed by atoms with Gasteiger partial charge in [-0.25, -0.2) is 8.42 Å². The van der Waals surface area contributed by atoms with E-state index in [-0.39, 0.29) is 0 Å². The summed E-state index contributed by atoms with van der Waals surface area (Å²) in [7, 11) is -3.50. The first-order chi connectivity index (χ1) is 4.45. The molecule has 0 saturated carbocycles. The van der Waals surface area contributed by atoms with E-state index < -0.39 is 16.0 Å². The van der Waals surface area contributed by atoms with Crippen LogP contribution in [-0.2, 0) is 10.0 Å². The molecule has 0 rings (SSSR count). The van der Waals surface area contributed by atoms with Crippen molar-refractivity contribution in [3.63, 3.8) is 0 Å². The second-order valence-electron chi connectivity index (χ2n) is 1.45. The van der Waals surface area contributed by atoms with Gasteiger partial charge in [-0.3, -0.25) is 5.32 Å². The van der Waals surface area contributed by atoms with Crippen LogP contribution in [-0.4, -0.2) is 20.6 Å². The number of sulfonamides is 1. The maximum absolute atomic E-state index is 10.3. The number of nitrogens with zero attached hydrogens (tertiary/aromatic N) is 2. The van der Waals surface area contributed by atoms with Crippen molar-refractivity contribution in [3.05, 3.63) is 0 Å². The number of hydrogen-bond acceptors (Lipinski definition) is 3. The molecule has 3 N–H and O–H groups in total. The van der Waals surface area contributed by atoms with Crippen molar-refractivity contribution >= 4 is 16.0 Å². The normalized spacial score (nSPS) is 12.2. The first-order valence-electron chi connectivity index (χ1n) is 2.16. The summed E-state index contributed by atoms with van der Waals surface area (Å²) in [5.41, 5.74) is 4.91. The first-order valence-corrected chi connectivity index (χ1v) is 4.01. The van der Waals surface area contributed by atoms with Crippen LogP contribution in [0.5, 0.6) is 0 Å². The van der Waals surface area contributed by atoms with Gasteiger partial charge in [-0.05, 0) is 0 Å². The van der Waals surface area contributed by atoms with E-state index in [0.717, 1.165) is 6.26 Å². The standard InChI is InChI=1S/C3H6N4O2S/c1-10(8,9)7-3(5)6-2-4/h1H3,(H3,5,6,7). The molecule has 0 aliphatic rings. The van der Waals surface area contributed by atoms with Crippen LogP contribution in [0.2, 0.25) is 0 Å².